The Balaban J connectivity index is 2.23. The Morgan fingerprint density at radius 3 is 2.48 bits per heavy atom. The number of hydrogen-bond donors (Lipinski definition) is 1. The molecule has 0 saturated carbocycles. The minimum atomic E-state index is 0.228. The van der Waals surface area contributed by atoms with Crippen LogP contribution in [0.4, 0.5) is 0 Å². The fourth-order valence-electron chi connectivity index (χ4n) is 2.84. The molecule has 1 aromatic heterocycles. The van der Waals surface area contributed by atoms with Crippen LogP contribution in [0.15, 0.2) is 46.3 Å². The van der Waals surface area contributed by atoms with Gasteiger partial charge in [0.15, 0.2) is 0 Å². The molecule has 0 spiro atoms. The highest BCUT2D eigenvalue weighted by Crippen LogP contribution is 2.37. The van der Waals surface area contributed by atoms with Crippen molar-refractivity contribution in [3.8, 4) is 0 Å². The Morgan fingerprint density at radius 2 is 1.81 bits per heavy atom. The summed E-state index contributed by atoms with van der Waals surface area (Å²) in [5, 5.41) is 6.13. The van der Waals surface area contributed by atoms with Gasteiger partial charge in [-0.05, 0) is 70.4 Å². The molecule has 108 valence electrons. The molecule has 0 bridgehead atoms. The van der Waals surface area contributed by atoms with Crippen molar-refractivity contribution in [1.29, 1.82) is 0 Å². The highest BCUT2D eigenvalue weighted by Gasteiger charge is 2.19. The van der Waals surface area contributed by atoms with Gasteiger partial charge >= 0.3 is 0 Å². The van der Waals surface area contributed by atoms with Crippen molar-refractivity contribution in [2.45, 2.75) is 19.9 Å². The van der Waals surface area contributed by atoms with Gasteiger partial charge < -0.3 is 5.32 Å². The van der Waals surface area contributed by atoms with E-state index in [1.54, 1.807) is 0 Å². The molecule has 0 aliphatic heterocycles. The van der Waals surface area contributed by atoms with E-state index < -0.39 is 0 Å². The molecule has 1 atom stereocenters. The van der Waals surface area contributed by atoms with Gasteiger partial charge in [-0.25, -0.2) is 0 Å². The lowest BCUT2D eigenvalue weighted by atomic mass is 9.93. The van der Waals surface area contributed by atoms with Crippen molar-refractivity contribution < 1.29 is 0 Å². The van der Waals surface area contributed by atoms with E-state index in [1.165, 1.54) is 36.1 Å². The molecule has 2 aromatic carbocycles. The summed E-state index contributed by atoms with van der Waals surface area (Å²) in [4.78, 5) is 1.35. The van der Waals surface area contributed by atoms with Crippen LogP contribution in [0.5, 0.6) is 0 Å². The van der Waals surface area contributed by atoms with Crippen molar-refractivity contribution in [3.63, 3.8) is 0 Å². The highest BCUT2D eigenvalue weighted by molar-refractivity contribution is 9.11. The molecule has 3 aromatic rings. The van der Waals surface area contributed by atoms with Gasteiger partial charge in [-0.3, -0.25) is 0 Å². The van der Waals surface area contributed by atoms with Gasteiger partial charge in [-0.2, -0.15) is 0 Å². The number of benzene rings is 2. The largest absolute Gasteiger partial charge is 0.309 e. The molecule has 0 radical (unpaired) electrons. The third-order valence-corrected chi connectivity index (χ3v) is 6.13. The smallest absolute Gasteiger partial charge is 0.0731 e. The second-order valence-corrected chi connectivity index (χ2v) is 7.75. The van der Waals surface area contributed by atoms with Crippen LogP contribution >= 0.6 is 27.3 Å². The Bertz CT molecular complexity index is 772. The van der Waals surface area contributed by atoms with Gasteiger partial charge in [0.1, 0.15) is 0 Å². The molecule has 1 N–H and O–H groups in total. The third kappa shape index (κ3) is 2.66. The maximum absolute atomic E-state index is 3.65. The molecule has 3 rings (SSSR count). The van der Waals surface area contributed by atoms with E-state index in [0.717, 1.165) is 0 Å². The average molecular weight is 360 g/mol. The van der Waals surface area contributed by atoms with Crippen LogP contribution in [0.3, 0.4) is 0 Å². The molecule has 0 aliphatic rings. The first-order valence-electron chi connectivity index (χ1n) is 7.03. The quantitative estimate of drug-likeness (QED) is 0.642. The van der Waals surface area contributed by atoms with Crippen LogP contribution in [0.2, 0.25) is 0 Å². The molecule has 0 amide bonds. The lowest BCUT2D eigenvalue weighted by molar-refractivity contribution is 0.704. The molecule has 1 unspecified atom stereocenters. The van der Waals surface area contributed by atoms with Crippen molar-refractivity contribution in [2.75, 3.05) is 7.05 Å². The minimum Gasteiger partial charge on any atom is -0.309 e. The summed E-state index contributed by atoms with van der Waals surface area (Å²) in [6.45, 7) is 4.34. The summed E-state index contributed by atoms with van der Waals surface area (Å²) in [5.74, 6) is 0. The number of thiophene rings is 1. The van der Waals surface area contributed by atoms with E-state index in [-0.39, 0.29) is 6.04 Å². The number of aryl methyl sites for hydroxylation is 2. The number of rotatable bonds is 3. The summed E-state index contributed by atoms with van der Waals surface area (Å²) >= 11 is 5.46. The van der Waals surface area contributed by atoms with Crippen LogP contribution in [0.25, 0.3) is 10.8 Å². The van der Waals surface area contributed by atoms with E-state index in [4.69, 9.17) is 0 Å². The number of halogens is 1. The van der Waals surface area contributed by atoms with Crippen LogP contribution in [-0.2, 0) is 0 Å². The first-order chi connectivity index (χ1) is 10.1. The summed E-state index contributed by atoms with van der Waals surface area (Å²) in [6.07, 6.45) is 0. The number of hydrogen-bond acceptors (Lipinski definition) is 2. The molecule has 0 fully saturated rings. The zero-order valence-corrected chi connectivity index (χ0v) is 14.8. The zero-order valence-electron chi connectivity index (χ0n) is 12.4. The maximum Gasteiger partial charge on any atom is 0.0731 e. The predicted molar refractivity (Wildman–Crippen MR) is 96.3 cm³/mol. The Hall–Kier alpha value is -1.16. The van der Waals surface area contributed by atoms with Crippen LogP contribution in [-0.4, -0.2) is 7.05 Å². The normalized spacial score (nSPS) is 12.8. The summed E-state index contributed by atoms with van der Waals surface area (Å²) in [5.41, 5.74) is 4.01. The summed E-state index contributed by atoms with van der Waals surface area (Å²) in [6, 6.07) is 15.5. The molecule has 0 aliphatic carbocycles. The molecule has 1 nitrogen and oxygen atoms in total. The van der Waals surface area contributed by atoms with Gasteiger partial charge in [0, 0.05) is 4.88 Å². The maximum atomic E-state index is 3.65. The van der Waals surface area contributed by atoms with Gasteiger partial charge in [-0.1, -0.05) is 36.4 Å². The van der Waals surface area contributed by atoms with Crippen molar-refractivity contribution >= 4 is 38.0 Å². The SMILES string of the molecule is CNC(c1cc(C)c(Br)s1)c1c(C)ccc2ccccc12. The minimum absolute atomic E-state index is 0.228. The molecular weight excluding hydrogens is 342 g/mol. The average Bonchev–Trinajstić information content (AvgIpc) is 2.81. The van der Waals surface area contributed by atoms with Crippen molar-refractivity contribution in [1.82, 2.24) is 5.32 Å². The number of nitrogens with one attached hydrogen (secondary N) is 1. The highest BCUT2D eigenvalue weighted by atomic mass is 79.9. The van der Waals surface area contributed by atoms with Crippen LogP contribution < -0.4 is 5.32 Å². The van der Waals surface area contributed by atoms with Crippen LogP contribution in [0.1, 0.15) is 27.6 Å². The first kappa shape index (κ1) is 14.8. The summed E-state index contributed by atoms with van der Waals surface area (Å²) < 4.78 is 1.22. The van der Waals surface area contributed by atoms with E-state index in [9.17, 15) is 0 Å². The lowest BCUT2D eigenvalue weighted by Crippen LogP contribution is -2.18. The standard InChI is InChI=1S/C18H18BrNS/c1-11-8-9-13-6-4-5-7-14(13)16(11)17(20-3)15-10-12(2)18(19)21-15/h4-10,17,20H,1-3H3. The Labute approximate surface area is 138 Å². The summed E-state index contributed by atoms with van der Waals surface area (Å²) in [7, 11) is 2.04. The van der Waals surface area contributed by atoms with Crippen molar-refractivity contribution in [2.24, 2.45) is 0 Å². The van der Waals surface area contributed by atoms with Gasteiger partial charge in [0.25, 0.3) is 0 Å². The lowest BCUT2D eigenvalue weighted by Gasteiger charge is -2.20. The second-order valence-electron chi connectivity index (χ2n) is 5.34. The van der Waals surface area contributed by atoms with Gasteiger partial charge in [0.2, 0.25) is 0 Å². The fourth-order valence-corrected chi connectivity index (χ4v) is 4.53. The van der Waals surface area contributed by atoms with E-state index >= 15 is 0 Å². The fraction of sp³-hybridized carbons (Fsp3) is 0.222. The molecule has 0 saturated heterocycles. The van der Waals surface area contributed by atoms with E-state index in [1.807, 2.05) is 18.4 Å². The Morgan fingerprint density at radius 1 is 1.05 bits per heavy atom. The topological polar surface area (TPSA) is 12.0 Å². The zero-order chi connectivity index (χ0) is 15.0. The van der Waals surface area contributed by atoms with Gasteiger partial charge in [0.05, 0.1) is 9.83 Å². The molecule has 3 heteroatoms. The van der Waals surface area contributed by atoms with E-state index in [0.29, 0.717) is 0 Å². The number of fused-ring (bicyclic) bond motifs is 1. The van der Waals surface area contributed by atoms with E-state index in [2.05, 4.69) is 77.6 Å². The second kappa shape index (κ2) is 5.91. The van der Waals surface area contributed by atoms with Gasteiger partial charge in [-0.15, -0.1) is 11.3 Å². The van der Waals surface area contributed by atoms with Crippen LogP contribution in [0, 0.1) is 13.8 Å². The Kier molecular flexibility index (Phi) is 4.16. The third-order valence-electron chi connectivity index (χ3n) is 3.93. The first-order valence-corrected chi connectivity index (χ1v) is 8.64. The monoisotopic (exact) mass is 359 g/mol. The molecule has 1 heterocycles. The molecular formula is C18H18BrNS. The predicted octanol–water partition coefficient (Wildman–Crippen LogP) is 5.59. The van der Waals surface area contributed by atoms with Crippen molar-refractivity contribution in [3.05, 3.63) is 67.8 Å². The molecule has 21 heavy (non-hydrogen) atoms.